The van der Waals surface area contributed by atoms with Crippen molar-refractivity contribution in [2.24, 2.45) is 4.99 Å². The molecule has 1 aromatic rings. The summed E-state index contributed by atoms with van der Waals surface area (Å²) in [4.78, 5) is 27.7. The van der Waals surface area contributed by atoms with Crippen LogP contribution in [-0.4, -0.2) is 40.8 Å². The summed E-state index contributed by atoms with van der Waals surface area (Å²) in [6.07, 6.45) is -0.384. The second kappa shape index (κ2) is 7.07. The normalized spacial score (nSPS) is 14.0. The molecule has 1 amide bonds. The van der Waals surface area contributed by atoms with Gasteiger partial charge in [-0.3, -0.25) is 20.0 Å². The van der Waals surface area contributed by atoms with Crippen molar-refractivity contribution in [3.63, 3.8) is 0 Å². The highest BCUT2D eigenvalue weighted by atomic mass is 32.2. The summed E-state index contributed by atoms with van der Waals surface area (Å²) < 4.78 is 4.97. The van der Waals surface area contributed by atoms with Crippen molar-refractivity contribution in [3.05, 3.63) is 39.9 Å². The van der Waals surface area contributed by atoms with Crippen molar-refractivity contribution >= 4 is 28.7 Å². The molecule has 0 spiro atoms. The third-order valence-electron chi connectivity index (χ3n) is 2.80. The van der Waals surface area contributed by atoms with Crippen LogP contribution in [0.2, 0.25) is 0 Å². The molecule has 112 valence electrons. The number of ether oxygens (including phenoxy) is 1. The molecule has 1 heterocycles. The van der Waals surface area contributed by atoms with Gasteiger partial charge >= 0.3 is 6.09 Å². The number of amides is 1. The molecule has 1 aliphatic rings. The number of amidine groups is 1. The molecule has 0 N–H and O–H groups in total. The number of nitrogens with zero attached hydrogens (tertiary/aromatic N) is 3. The van der Waals surface area contributed by atoms with Crippen LogP contribution in [0, 0.1) is 10.1 Å². The lowest BCUT2D eigenvalue weighted by Gasteiger charge is -2.16. The van der Waals surface area contributed by atoms with E-state index in [4.69, 9.17) is 4.74 Å². The minimum absolute atomic E-state index is 0.0649. The largest absolute Gasteiger partial charge is 0.449 e. The quantitative estimate of drug-likeness (QED) is 0.630. The molecule has 0 bridgehead atoms. The lowest BCUT2D eigenvalue weighted by Crippen LogP contribution is -2.33. The zero-order valence-electron chi connectivity index (χ0n) is 11.5. The molecule has 1 aromatic carbocycles. The first kappa shape index (κ1) is 15.3. The molecule has 0 aromatic heterocycles. The highest BCUT2D eigenvalue weighted by Crippen LogP contribution is 2.21. The maximum atomic E-state index is 11.7. The van der Waals surface area contributed by atoms with Crippen molar-refractivity contribution in [1.29, 1.82) is 0 Å². The van der Waals surface area contributed by atoms with Gasteiger partial charge in [0.05, 0.1) is 24.6 Å². The highest BCUT2D eigenvalue weighted by molar-refractivity contribution is 8.13. The Morgan fingerprint density at radius 2 is 2.19 bits per heavy atom. The Balaban J connectivity index is 1.93. The van der Waals surface area contributed by atoms with E-state index >= 15 is 0 Å². The maximum absolute atomic E-state index is 11.7. The van der Waals surface area contributed by atoms with Gasteiger partial charge in [0, 0.05) is 17.9 Å². The average molecular weight is 309 g/mol. The van der Waals surface area contributed by atoms with Crippen molar-refractivity contribution < 1.29 is 14.5 Å². The van der Waals surface area contributed by atoms with Gasteiger partial charge in [-0.2, -0.15) is 0 Å². The smallest absolute Gasteiger partial charge is 0.415 e. The van der Waals surface area contributed by atoms with E-state index in [2.05, 4.69) is 4.99 Å². The number of thioether (sulfide) groups is 1. The zero-order valence-corrected chi connectivity index (χ0v) is 12.3. The van der Waals surface area contributed by atoms with Crippen LogP contribution in [0.3, 0.4) is 0 Å². The predicted octanol–water partition coefficient (Wildman–Crippen LogP) is 2.66. The number of nitro groups is 1. The number of hydrogen-bond acceptors (Lipinski definition) is 6. The van der Waals surface area contributed by atoms with Crippen molar-refractivity contribution in [1.82, 2.24) is 4.90 Å². The Bertz CT molecular complexity index is 559. The first-order valence-electron chi connectivity index (χ1n) is 6.46. The van der Waals surface area contributed by atoms with Gasteiger partial charge in [-0.25, -0.2) is 4.79 Å². The molecule has 0 unspecified atom stereocenters. The fourth-order valence-electron chi connectivity index (χ4n) is 1.78. The molecule has 0 radical (unpaired) electrons. The Morgan fingerprint density at radius 3 is 2.81 bits per heavy atom. The van der Waals surface area contributed by atoms with Gasteiger partial charge in [0.25, 0.3) is 5.69 Å². The number of rotatable bonds is 4. The summed E-state index contributed by atoms with van der Waals surface area (Å²) in [6, 6.07) is 6.34. The predicted molar refractivity (Wildman–Crippen MR) is 80.4 cm³/mol. The second-order valence-electron chi connectivity index (χ2n) is 4.23. The molecule has 0 saturated heterocycles. The fourth-order valence-corrected chi connectivity index (χ4v) is 2.78. The standard InChI is InChI=1S/C13H15N3O4S/c1-2-20-13(17)15-8-7-14-12(15)21-9-10-3-5-11(6-4-10)16(18)19/h3-6H,2,7-9H2,1H3. The van der Waals surface area contributed by atoms with Gasteiger partial charge in [0.2, 0.25) is 0 Å². The Labute approximate surface area is 126 Å². The van der Waals surface area contributed by atoms with Crippen molar-refractivity contribution in [3.8, 4) is 0 Å². The number of carbonyl (C=O) groups is 1. The molecule has 0 saturated carbocycles. The maximum Gasteiger partial charge on any atom is 0.415 e. The van der Waals surface area contributed by atoms with Crippen LogP contribution in [0.4, 0.5) is 10.5 Å². The van der Waals surface area contributed by atoms with Crippen LogP contribution in [-0.2, 0) is 10.5 Å². The lowest BCUT2D eigenvalue weighted by atomic mass is 10.2. The summed E-state index contributed by atoms with van der Waals surface area (Å²) in [7, 11) is 0. The molecule has 0 fully saturated rings. The van der Waals surface area contributed by atoms with Crippen LogP contribution in [0.1, 0.15) is 12.5 Å². The van der Waals surface area contributed by atoms with Crippen molar-refractivity contribution in [2.75, 3.05) is 19.7 Å². The average Bonchev–Trinajstić information content (AvgIpc) is 2.94. The zero-order chi connectivity index (χ0) is 15.2. The highest BCUT2D eigenvalue weighted by Gasteiger charge is 2.24. The summed E-state index contributed by atoms with van der Waals surface area (Å²) >= 11 is 1.42. The summed E-state index contributed by atoms with van der Waals surface area (Å²) in [5, 5.41) is 11.2. The van der Waals surface area contributed by atoms with Crippen LogP contribution in [0.15, 0.2) is 29.3 Å². The molecular weight excluding hydrogens is 294 g/mol. The lowest BCUT2D eigenvalue weighted by molar-refractivity contribution is -0.384. The molecule has 7 nitrogen and oxygen atoms in total. The van der Waals surface area contributed by atoms with Gasteiger partial charge in [-0.15, -0.1) is 0 Å². The van der Waals surface area contributed by atoms with E-state index in [0.717, 1.165) is 5.56 Å². The van der Waals surface area contributed by atoms with Crippen LogP contribution in [0.5, 0.6) is 0 Å². The van der Waals surface area contributed by atoms with E-state index < -0.39 is 4.92 Å². The molecular formula is C13H15N3O4S. The number of carbonyl (C=O) groups excluding carboxylic acids is 1. The molecule has 1 aliphatic heterocycles. The molecule has 2 rings (SSSR count). The number of benzene rings is 1. The minimum Gasteiger partial charge on any atom is -0.449 e. The van der Waals surface area contributed by atoms with Crippen molar-refractivity contribution in [2.45, 2.75) is 12.7 Å². The molecule has 8 heteroatoms. The number of aliphatic imine (C=N–C) groups is 1. The first-order valence-corrected chi connectivity index (χ1v) is 7.45. The number of hydrogen-bond donors (Lipinski definition) is 0. The van der Waals surface area contributed by atoms with E-state index in [9.17, 15) is 14.9 Å². The van der Waals surface area contributed by atoms with Crippen LogP contribution < -0.4 is 0 Å². The van der Waals surface area contributed by atoms with Gasteiger partial charge in [0.1, 0.15) is 0 Å². The van der Waals surface area contributed by atoms with Crippen LogP contribution >= 0.6 is 11.8 Å². The van der Waals surface area contributed by atoms with Gasteiger partial charge in [-0.05, 0) is 12.5 Å². The second-order valence-corrected chi connectivity index (χ2v) is 5.17. The topological polar surface area (TPSA) is 85.0 Å². The SMILES string of the molecule is CCOC(=O)N1CCN=C1SCc1ccc([N+](=O)[O-])cc1. The molecule has 21 heavy (non-hydrogen) atoms. The summed E-state index contributed by atoms with van der Waals surface area (Å²) in [5.41, 5.74) is 0.999. The van der Waals surface area contributed by atoms with E-state index in [1.54, 1.807) is 19.1 Å². The third-order valence-corrected chi connectivity index (χ3v) is 3.89. The van der Waals surface area contributed by atoms with Gasteiger partial charge in [0.15, 0.2) is 5.17 Å². The van der Waals surface area contributed by atoms with Gasteiger partial charge in [-0.1, -0.05) is 23.9 Å². The molecule has 0 aliphatic carbocycles. The summed E-state index contributed by atoms with van der Waals surface area (Å²) in [5.74, 6) is 0.590. The van der Waals surface area contributed by atoms with Crippen LogP contribution in [0.25, 0.3) is 0 Å². The monoisotopic (exact) mass is 309 g/mol. The minimum atomic E-state index is -0.430. The number of nitro benzene ring substituents is 1. The summed E-state index contributed by atoms with van der Waals surface area (Å²) in [6.45, 7) is 3.19. The Hall–Kier alpha value is -2.09. The number of non-ortho nitro benzene ring substituents is 1. The van der Waals surface area contributed by atoms with E-state index in [0.29, 0.717) is 30.6 Å². The fraction of sp³-hybridized carbons (Fsp3) is 0.385. The van der Waals surface area contributed by atoms with Gasteiger partial charge < -0.3 is 4.74 Å². The van der Waals surface area contributed by atoms with E-state index in [-0.39, 0.29) is 11.8 Å². The van der Waals surface area contributed by atoms with E-state index in [1.165, 1.54) is 28.8 Å². The Kier molecular flexibility index (Phi) is 5.15. The first-order chi connectivity index (χ1) is 10.1. The van der Waals surface area contributed by atoms with E-state index in [1.807, 2.05) is 0 Å². The Morgan fingerprint density at radius 1 is 1.48 bits per heavy atom. The molecule has 0 atom stereocenters. The third kappa shape index (κ3) is 3.94.